The van der Waals surface area contributed by atoms with Crippen molar-refractivity contribution in [2.75, 3.05) is 11.9 Å². The quantitative estimate of drug-likeness (QED) is 0.835. The number of hydrogen-bond acceptors (Lipinski definition) is 3. The Morgan fingerprint density at radius 2 is 2.21 bits per heavy atom. The van der Waals surface area contributed by atoms with Crippen molar-refractivity contribution < 1.29 is 9.90 Å². The summed E-state index contributed by atoms with van der Waals surface area (Å²) >= 11 is 0. The van der Waals surface area contributed by atoms with Crippen LogP contribution in [0.15, 0.2) is 36.7 Å². The van der Waals surface area contributed by atoms with E-state index in [2.05, 4.69) is 10.3 Å². The molecular weight excluding hydrogens is 242 g/mol. The summed E-state index contributed by atoms with van der Waals surface area (Å²) in [6, 6.07) is 7.07. The first-order chi connectivity index (χ1) is 9.22. The topological polar surface area (TPSA) is 67.2 Å². The van der Waals surface area contributed by atoms with Gasteiger partial charge >= 0.3 is 5.97 Å². The molecule has 2 aromatic rings. The number of carbonyl (C=O) groups is 1. The third-order valence-corrected chi connectivity index (χ3v) is 2.98. The lowest BCUT2D eigenvalue weighted by molar-refractivity contribution is 0.0695. The van der Waals surface area contributed by atoms with Crippen molar-refractivity contribution in [3.05, 3.63) is 47.8 Å². The fourth-order valence-corrected chi connectivity index (χ4v) is 1.99. The minimum absolute atomic E-state index is 0.364. The van der Waals surface area contributed by atoms with Crippen molar-refractivity contribution in [2.45, 2.75) is 19.9 Å². The highest BCUT2D eigenvalue weighted by atomic mass is 16.4. The van der Waals surface area contributed by atoms with Gasteiger partial charge in [-0.25, -0.2) is 9.78 Å². The van der Waals surface area contributed by atoms with E-state index in [4.69, 9.17) is 5.11 Å². The van der Waals surface area contributed by atoms with Crippen molar-refractivity contribution >= 4 is 11.9 Å². The number of aryl methyl sites for hydroxylation is 1. The Bertz CT molecular complexity index is 563. The number of rotatable bonds is 6. The first-order valence-corrected chi connectivity index (χ1v) is 6.28. The highest BCUT2D eigenvalue weighted by Gasteiger charge is 2.08. The molecule has 0 fully saturated rings. The Morgan fingerprint density at radius 1 is 1.42 bits per heavy atom. The summed E-state index contributed by atoms with van der Waals surface area (Å²) in [5.41, 5.74) is 1.19. The maximum absolute atomic E-state index is 11.1. The number of imidazole rings is 1. The number of aromatic nitrogens is 2. The van der Waals surface area contributed by atoms with Gasteiger partial charge in [-0.05, 0) is 25.0 Å². The van der Waals surface area contributed by atoms with Crippen molar-refractivity contribution in [1.82, 2.24) is 9.55 Å². The Balaban J connectivity index is 1.98. The van der Waals surface area contributed by atoms with Crippen LogP contribution in [0, 0.1) is 0 Å². The molecule has 100 valence electrons. The molecule has 0 radical (unpaired) electrons. The molecule has 0 aliphatic heterocycles. The molecule has 0 amide bonds. The van der Waals surface area contributed by atoms with E-state index in [0.29, 0.717) is 18.5 Å². The Kier molecular flexibility index (Phi) is 4.18. The van der Waals surface area contributed by atoms with Gasteiger partial charge in [-0.15, -0.1) is 0 Å². The molecular formula is C14H17N3O2. The SMILES string of the molecule is CCn1ccnc1NCCc1ccccc1C(=O)O. The van der Waals surface area contributed by atoms with E-state index in [-0.39, 0.29) is 0 Å². The van der Waals surface area contributed by atoms with E-state index in [1.807, 2.05) is 29.8 Å². The molecule has 0 saturated heterocycles. The molecule has 1 aromatic carbocycles. The summed E-state index contributed by atoms with van der Waals surface area (Å²) in [5, 5.41) is 12.3. The lowest BCUT2D eigenvalue weighted by atomic mass is 10.0. The fraction of sp³-hybridized carbons (Fsp3) is 0.286. The Morgan fingerprint density at radius 3 is 2.95 bits per heavy atom. The van der Waals surface area contributed by atoms with Crippen LogP contribution >= 0.6 is 0 Å². The van der Waals surface area contributed by atoms with Crippen LogP contribution in [0.4, 0.5) is 5.95 Å². The average molecular weight is 259 g/mol. The molecule has 1 aromatic heterocycles. The second-order valence-corrected chi connectivity index (χ2v) is 4.18. The highest BCUT2D eigenvalue weighted by molar-refractivity contribution is 5.89. The van der Waals surface area contributed by atoms with Gasteiger partial charge in [0.1, 0.15) is 0 Å². The summed E-state index contributed by atoms with van der Waals surface area (Å²) in [7, 11) is 0. The summed E-state index contributed by atoms with van der Waals surface area (Å²) in [6.07, 6.45) is 4.31. The molecule has 0 unspecified atom stereocenters. The number of nitrogens with zero attached hydrogens (tertiary/aromatic N) is 2. The first kappa shape index (κ1) is 13.1. The van der Waals surface area contributed by atoms with Crippen LogP contribution in [0.1, 0.15) is 22.8 Å². The van der Waals surface area contributed by atoms with Crippen molar-refractivity contribution in [3.63, 3.8) is 0 Å². The zero-order chi connectivity index (χ0) is 13.7. The lowest BCUT2D eigenvalue weighted by Gasteiger charge is -2.09. The van der Waals surface area contributed by atoms with Gasteiger partial charge < -0.3 is 15.0 Å². The molecule has 0 bridgehead atoms. The predicted molar refractivity (Wildman–Crippen MR) is 73.5 cm³/mol. The van der Waals surface area contributed by atoms with Gasteiger partial charge in [0.05, 0.1) is 5.56 Å². The minimum atomic E-state index is -0.884. The van der Waals surface area contributed by atoms with Gasteiger partial charge in [0.2, 0.25) is 5.95 Å². The molecule has 0 aliphatic rings. The lowest BCUT2D eigenvalue weighted by Crippen LogP contribution is -2.12. The van der Waals surface area contributed by atoms with E-state index < -0.39 is 5.97 Å². The largest absolute Gasteiger partial charge is 0.478 e. The smallest absolute Gasteiger partial charge is 0.335 e. The molecule has 19 heavy (non-hydrogen) atoms. The van der Waals surface area contributed by atoms with Crippen molar-refractivity contribution in [3.8, 4) is 0 Å². The molecule has 0 atom stereocenters. The number of nitrogens with one attached hydrogen (secondary N) is 1. The van der Waals surface area contributed by atoms with Crippen LogP contribution in [0.3, 0.4) is 0 Å². The van der Waals surface area contributed by atoms with Gasteiger partial charge in [0, 0.05) is 25.5 Å². The average Bonchev–Trinajstić information content (AvgIpc) is 2.86. The normalized spacial score (nSPS) is 10.4. The van der Waals surface area contributed by atoms with Gasteiger partial charge in [0.25, 0.3) is 0 Å². The van der Waals surface area contributed by atoms with E-state index in [0.717, 1.165) is 18.1 Å². The molecule has 1 heterocycles. The van der Waals surface area contributed by atoms with Crippen molar-refractivity contribution in [2.24, 2.45) is 0 Å². The Labute approximate surface area is 111 Å². The van der Waals surface area contributed by atoms with Gasteiger partial charge in [-0.1, -0.05) is 18.2 Å². The van der Waals surface area contributed by atoms with Gasteiger partial charge in [-0.3, -0.25) is 0 Å². The van der Waals surface area contributed by atoms with Crippen LogP contribution in [0.25, 0.3) is 0 Å². The van der Waals surface area contributed by atoms with Crippen LogP contribution in [-0.4, -0.2) is 27.2 Å². The maximum Gasteiger partial charge on any atom is 0.335 e. The monoisotopic (exact) mass is 259 g/mol. The van der Waals surface area contributed by atoms with Gasteiger partial charge in [0.15, 0.2) is 0 Å². The molecule has 0 spiro atoms. The molecule has 2 rings (SSSR count). The van der Waals surface area contributed by atoms with E-state index >= 15 is 0 Å². The number of anilines is 1. The second kappa shape index (κ2) is 6.04. The number of carboxylic acids is 1. The van der Waals surface area contributed by atoms with Crippen molar-refractivity contribution in [1.29, 1.82) is 0 Å². The maximum atomic E-state index is 11.1. The second-order valence-electron chi connectivity index (χ2n) is 4.18. The molecule has 5 heteroatoms. The number of benzene rings is 1. The number of hydrogen-bond donors (Lipinski definition) is 2. The predicted octanol–water partition coefficient (Wildman–Crippen LogP) is 2.26. The van der Waals surface area contributed by atoms with Gasteiger partial charge in [-0.2, -0.15) is 0 Å². The van der Waals surface area contributed by atoms with Crippen LogP contribution in [0.5, 0.6) is 0 Å². The van der Waals surface area contributed by atoms with E-state index in [1.54, 1.807) is 18.3 Å². The molecule has 0 saturated carbocycles. The van der Waals surface area contributed by atoms with E-state index in [9.17, 15) is 4.79 Å². The fourth-order valence-electron chi connectivity index (χ4n) is 1.99. The van der Waals surface area contributed by atoms with Crippen LogP contribution in [0.2, 0.25) is 0 Å². The molecule has 2 N–H and O–H groups in total. The van der Waals surface area contributed by atoms with Crippen LogP contribution < -0.4 is 5.32 Å². The number of carboxylic acid groups (broad SMARTS) is 1. The third kappa shape index (κ3) is 3.13. The summed E-state index contributed by atoms with van der Waals surface area (Å²) in [6.45, 7) is 3.56. The zero-order valence-electron chi connectivity index (χ0n) is 10.8. The van der Waals surface area contributed by atoms with E-state index in [1.165, 1.54) is 0 Å². The summed E-state index contributed by atoms with van der Waals surface area (Å²) < 4.78 is 2.00. The van der Waals surface area contributed by atoms with Crippen LogP contribution in [-0.2, 0) is 13.0 Å². The standard InChI is InChI=1S/C14H17N3O2/c1-2-17-10-9-16-14(17)15-8-7-11-5-3-4-6-12(11)13(18)19/h3-6,9-10H,2,7-8H2,1H3,(H,15,16)(H,18,19). The summed E-state index contributed by atoms with van der Waals surface area (Å²) in [5.74, 6) is -0.0686. The zero-order valence-corrected chi connectivity index (χ0v) is 10.8. The first-order valence-electron chi connectivity index (χ1n) is 6.28. The molecule has 0 aliphatic carbocycles. The third-order valence-electron chi connectivity index (χ3n) is 2.98. The number of aromatic carboxylic acids is 1. The Hall–Kier alpha value is -2.30. The summed E-state index contributed by atoms with van der Waals surface area (Å²) in [4.78, 5) is 15.3. The minimum Gasteiger partial charge on any atom is -0.478 e. The highest BCUT2D eigenvalue weighted by Crippen LogP contribution is 2.10. The molecule has 5 nitrogen and oxygen atoms in total.